The Labute approximate surface area is 774 Å². The van der Waals surface area contributed by atoms with Gasteiger partial charge in [0.15, 0.2) is 0 Å². The van der Waals surface area contributed by atoms with E-state index in [0.717, 1.165) is 119 Å². The van der Waals surface area contributed by atoms with Gasteiger partial charge in [-0.1, -0.05) is 198 Å². The summed E-state index contributed by atoms with van der Waals surface area (Å²) in [5.74, 6) is -7.42. The van der Waals surface area contributed by atoms with Crippen LogP contribution in [0.5, 0.6) is 0 Å². The number of hydrogen-bond acceptors (Lipinski definition) is 16. The molecule has 8 saturated heterocycles. The predicted octanol–water partition coefficient (Wildman–Crippen LogP) is 10.4. The first kappa shape index (κ1) is 112. The van der Waals surface area contributed by atoms with Gasteiger partial charge in [-0.05, 0) is 88.3 Å². The molecular weight excluding hydrogens is 1710 g/mol. The zero-order valence-electron chi connectivity index (χ0n) is 79.0. The Morgan fingerprint density at radius 2 is 0.485 bits per heavy atom. The Bertz CT molecular complexity index is 4180. The number of likely N-dealkylation sites (N-methyl/N-ethyl adjacent to an activating group) is 3. The number of aliphatic carboxylic acids is 8. The summed E-state index contributed by atoms with van der Waals surface area (Å²) >= 11 is 0. The standard InChI is InChI=1S/C16H22N2O3.C15H20N2O3.C12H22N2O3.C11H12N2O3.C11H20N2O3.C10H18N2O3.C9H16N2O3.C8H14N2O3/c1-2-3-7-10-17-12-14(15(19)20)18(16(17)21)11-13-8-5-4-6-9-13;1-2-3-9-16-11-13(14(18)19)17(15(16)20)10-12-7-5-4-6-8-12;1-3-5-6-8-13-9-10(11(15)16)14(7-4-2)12(13)17;14-10(15)9-6-12-11(16)13(9)7-8-4-2-1-3-5-8;1-3-5-6-7-12-8-9(10(14)15)13(4-2)11(12)16;1-3-5-11-7-8(9(13)14)12(6-4-2)10(11)15;1-3-5-10-6-7(8(12)13)11(4-2)9(10)14;1-3-4-10-5-6(7(11)12)9(2)8(10)13/h4-6,8-9,14H,2-3,7,10-12H2,1H3,(H,19,20);4-8,13H,2-3,9-11H2,1H3,(H,18,19);10H,3-9H2,1-2H3,(H,15,16);1-5,9H,6-7H2,(H,12,16)(H,14,15);9H,3-8H2,1-2H3,(H,14,15);8H,3-7H2,1-2H3,(H,13,14);7H,3-6H2,1-2H3,(H,12,13);6H,3-5H2,1-2H3,(H,11,12)/t14-;13-;10-;2*9-;8-;7-;6-/m00000000/s1. The average molecular weight is 1860 g/mol. The molecule has 0 saturated carbocycles. The lowest BCUT2D eigenvalue weighted by Gasteiger charge is -2.20. The van der Waals surface area contributed by atoms with Gasteiger partial charge in [-0.15, -0.1) is 0 Å². The van der Waals surface area contributed by atoms with E-state index in [1.54, 1.807) is 41.2 Å². The van der Waals surface area contributed by atoms with Crippen LogP contribution in [0.15, 0.2) is 91.0 Å². The van der Waals surface area contributed by atoms with Crippen LogP contribution in [0, 0.1) is 0 Å². The van der Waals surface area contributed by atoms with Crippen LogP contribution < -0.4 is 5.32 Å². The fourth-order valence-corrected chi connectivity index (χ4v) is 15.9. The molecule has 9 N–H and O–H groups in total. The number of carbonyl (C=O) groups excluding carboxylic acids is 8. The quantitative estimate of drug-likeness (QED) is 0.0238. The summed E-state index contributed by atoms with van der Waals surface area (Å²) in [4.78, 5) is 206. The van der Waals surface area contributed by atoms with Crippen molar-refractivity contribution in [3.05, 3.63) is 108 Å². The molecule has 40 nitrogen and oxygen atoms in total. The van der Waals surface area contributed by atoms with Gasteiger partial charge in [-0.3, -0.25) is 0 Å². The molecule has 3 aromatic carbocycles. The number of nitrogens with zero attached hydrogens (tertiary/aromatic N) is 15. The van der Waals surface area contributed by atoms with Crippen molar-refractivity contribution < 1.29 is 118 Å². The number of carboxylic acid groups (broad SMARTS) is 8. The number of amides is 16. The van der Waals surface area contributed by atoms with Gasteiger partial charge in [-0.25, -0.2) is 76.7 Å². The van der Waals surface area contributed by atoms with E-state index >= 15 is 0 Å². The molecule has 8 atom stereocenters. The molecule has 0 spiro atoms. The molecule has 736 valence electrons. The lowest BCUT2D eigenvalue weighted by molar-refractivity contribution is -0.142. The third kappa shape index (κ3) is 33.4. The van der Waals surface area contributed by atoms with Crippen LogP contribution in [-0.2, 0) is 58.0 Å². The molecule has 8 heterocycles. The zero-order valence-corrected chi connectivity index (χ0v) is 79.0. The van der Waals surface area contributed by atoms with Gasteiger partial charge in [0.2, 0.25) is 0 Å². The number of urea groups is 8. The molecule has 8 fully saturated rings. The molecule has 0 unspecified atom stereocenters. The van der Waals surface area contributed by atoms with Crippen molar-refractivity contribution in [2.45, 2.75) is 247 Å². The zero-order chi connectivity index (χ0) is 98.4. The van der Waals surface area contributed by atoms with E-state index in [2.05, 4.69) is 33.0 Å². The Hall–Kier alpha value is -12.4. The van der Waals surface area contributed by atoms with Crippen molar-refractivity contribution in [3.8, 4) is 0 Å². The highest BCUT2D eigenvalue weighted by atomic mass is 16.4. The Balaban J connectivity index is 0.000000317. The van der Waals surface area contributed by atoms with E-state index < -0.39 is 96.1 Å². The maximum absolute atomic E-state index is 12.4. The molecule has 16 amide bonds. The van der Waals surface area contributed by atoms with E-state index in [1.807, 2.05) is 133 Å². The summed E-state index contributed by atoms with van der Waals surface area (Å²) in [5, 5.41) is 74.9. The van der Waals surface area contributed by atoms with Crippen LogP contribution in [0.25, 0.3) is 0 Å². The van der Waals surface area contributed by atoms with Crippen LogP contribution >= 0.6 is 0 Å². The van der Waals surface area contributed by atoms with Crippen molar-refractivity contribution in [2.24, 2.45) is 0 Å². The lowest BCUT2D eigenvalue weighted by atomic mass is 10.2. The normalized spacial score (nSPS) is 20.2. The van der Waals surface area contributed by atoms with Gasteiger partial charge in [0.1, 0.15) is 48.3 Å². The number of hydrogen-bond donors (Lipinski definition) is 9. The molecule has 0 aliphatic carbocycles. The van der Waals surface area contributed by atoms with Crippen LogP contribution in [0.1, 0.15) is 196 Å². The van der Waals surface area contributed by atoms with Crippen LogP contribution in [0.3, 0.4) is 0 Å². The molecule has 0 radical (unpaired) electrons. The van der Waals surface area contributed by atoms with Gasteiger partial charge < -0.3 is 120 Å². The summed E-state index contributed by atoms with van der Waals surface area (Å²) in [6.07, 6.45) is 15.4. The third-order valence-corrected chi connectivity index (χ3v) is 23.1. The largest absolute Gasteiger partial charge is 0.480 e. The molecule has 8 aliphatic rings. The first-order valence-electron chi connectivity index (χ1n) is 46.3. The minimum atomic E-state index is -0.978. The van der Waals surface area contributed by atoms with E-state index in [-0.39, 0.29) is 67.9 Å². The van der Waals surface area contributed by atoms with E-state index in [0.29, 0.717) is 124 Å². The monoisotopic (exact) mass is 1860 g/mol. The summed E-state index contributed by atoms with van der Waals surface area (Å²) in [7, 11) is 1.52. The Morgan fingerprint density at radius 1 is 0.258 bits per heavy atom. The van der Waals surface area contributed by atoms with Crippen molar-refractivity contribution in [1.82, 2.24) is 78.8 Å². The van der Waals surface area contributed by atoms with E-state index in [9.17, 15) is 86.9 Å². The lowest BCUT2D eigenvalue weighted by Crippen LogP contribution is -2.40. The SMILES string of the molecule is CCCCCN1C[C@@H](C(=O)O)N(CC)C1=O.CCCCCN1C[C@@H](C(=O)O)N(CCC)C1=O.CCCCCN1C[C@@H](C(=O)O)N(Cc2ccccc2)C1=O.CCCCN1C[C@@H](C(=O)O)N(Cc2ccccc2)C1=O.CCCN1C[C@@H](C(=O)O)N(C)C1=O.CCCN1C[C@@H](C(=O)O)N(CC)C1=O.CCCN1C[C@@H](C(=O)O)N(CCC)C1=O.O=C(O)[C@@H]1CNC(=O)N1Cc1ccccc1. The van der Waals surface area contributed by atoms with Gasteiger partial charge in [0, 0.05) is 98.7 Å². The number of carbonyl (C=O) groups is 16. The maximum atomic E-state index is 12.4. The number of rotatable bonds is 41. The van der Waals surface area contributed by atoms with E-state index in [1.165, 1.54) is 46.2 Å². The highest BCUT2D eigenvalue weighted by molar-refractivity contribution is 5.91. The average Bonchev–Trinajstić information content (AvgIpc) is 1.65. The number of nitrogens with one attached hydrogen (secondary N) is 1. The second-order valence-corrected chi connectivity index (χ2v) is 33.0. The second-order valence-electron chi connectivity index (χ2n) is 33.0. The fourth-order valence-electron chi connectivity index (χ4n) is 15.9. The van der Waals surface area contributed by atoms with Crippen LogP contribution in [0.2, 0.25) is 0 Å². The topological polar surface area (TPSA) is 496 Å². The minimum Gasteiger partial charge on any atom is -0.480 e. The molecule has 8 aliphatic heterocycles. The van der Waals surface area contributed by atoms with E-state index in [4.69, 9.17) is 30.6 Å². The third-order valence-electron chi connectivity index (χ3n) is 23.1. The molecule has 0 aromatic heterocycles. The Kier molecular flexibility index (Phi) is 49.5. The summed E-state index contributed by atoms with van der Waals surface area (Å²) in [5.41, 5.74) is 2.82. The second kappa shape index (κ2) is 58.4. The number of benzene rings is 3. The van der Waals surface area contributed by atoms with Gasteiger partial charge in [-0.2, -0.15) is 0 Å². The maximum Gasteiger partial charge on any atom is 0.328 e. The van der Waals surface area contributed by atoms with Gasteiger partial charge >= 0.3 is 96.0 Å². The van der Waals surface area contributed by atoms with Crippen molar-refractivity contribution in [1.29, 1.82) is 0 Å². The first-order chi connectivity index (χ1) is 63.0. The fraction of sp³-hybridized carbons (Fsp3) is 0.630. The molecule has 11 rings (SSSR count). The summed E-state index contributed by atoms with van der Waals surface area (Å²) in [6.45, 7) is 31.6. The smallest absolute Gasteiger partial charge is 0.328 e. The summed E-state index contributed by atoms with van der Waals surface area (Å²) < 4.78 is 0. The van der Waals surface area contributed by atoms with Crippen molar-refractivity contribution >= 4 is 96.0 Å². The first-order valence-corrected chi connectivity index (χ1v) is 46.3. The minimum absolute atomic E-state index is 0.115. The van der Waals surface area contributed by atoms with Crippen LogP contribution in [0.4, 0.5) is 38.4 Å². The predicted molar refractivity (Wildman–Crippen MR) is 490 cm³/mol. The molecule has 0 bridgehead atoms. The molecular formula is C92H144N16O24. The number of unbranched alkanes of at least 4 members (excludes halogenated alkanes) is 7. The molecule has 132 heavy (non-hydrogen) atoms. The highest BCUT2D eigenvalue weighted by Gasteiger charge is 2.47. The van der Waals surface area contributed by atoms with Gasteiger partial charge in [0.25, 0.3) is 0 Å². The Morgan fingerprint density at radius 3 is 0.735 bits per heavy atom. The molecule has 40 heteroatoms. The van der Waals surface area contributed by atoms with Crippen LogP contribution in [-0.4, -0.2) is 390 Å². The summed E-state index contributed by atoms with van der Waals surface area (Å²) in [6, 6.07) is 21.3. The van der Waals surface area contributed by atoms with Crippen molar-refractivity contribution in [2.75, 3.05) is 131 Å². The molecule has 3 aromatic rings. The van der Waals surface area contributed by atoms with Gasteiger partial charge in [0.05, 0.1) is 52.4 Å². The highest BCUT2D eigenvalue weighted by Crippen LogP contribution is 2.26. The number of carboxylic acids is 8. The van der Waals surface area contributed by atoms with Crippen molar-refractivity contribution in [3.63, 3.8) is 0 Å².